The van der Waals surface area contributed by atoms with Crippen LogP contribution in [0.1, 0.15) is 39.1 Å². The van der Waals surface area contributed by atoms with Crippen molar-refractivity contribution in [1.29, 1.82) is 0 Å². The first-order valence-corrected chi connectivity index (χ1v) is 9.70. The van der Waals surface area contributed by atoms with Crippen LogP contribution in [0.2, 0.25) is 0 Å². The summed E-state index contributed by atoms with van der Waals surface area (Å²) in [4.78, 5) is 29.5. The number of carbonyl (C=O) groups excluding carboxylic acids is 2. The fourth-order valence-electron chi connectivity index (χ4n) is 4.10. The van der Waals surface area contributed by atoms with Crippen molar-refractivity contribution in [3.8, 4) is 11.5 Å². The van der Waals surface area contributed by atoms with Crippen LogP contribution in [-0.4, -0.2) is 50.7 Å². The first-order valence-electron chi connectivity index (χ1n) is 9.70. The van der Waals surface area contributed by atoms with E-state index in [-0.39, 0.29) is 18.0 Å². The van der Waals surface area contributed by atoms with Crippen LogP contribution in [0.4, 0.5) is 5.69 Å². The van der Waals surface area contributed by atoms with Crippen LogP contribution in [0.5, 0.6) is 11.5 Å². The highest BCUT2D eigenvalue weighted by molar-refractivity contribution is 6.04. The van der Waals surface area contributed by atoms with Crippen LogP contribution in [0.25, 0.3) is 0 Å². The zero-order valence-corrected chi connectivity index (χ0v) is 16.9. The van der Waals surface area contributed by atoms with Crippen molar-refractivity contribution >= 4 is 17.5 Å². The normalized spacial score (nSPS) is 17.6. The summed E-state index contributed by atoms with van der Waals surface area (Å²) in [6.45, 7) is 1.13. The number of nitrogens with one attached hydrogen (secondary N) is 1. The van der Waals surface area contributed by atoms with Gasteiger partial charge in [-0.2, -0.15) is 0 Å². The molecule has 0 bridgehead atoms. The topological polar surface area (TPSA) is 71.1 Å². The van der Waals surface area contributed by atoms with Crippen LogP contribution in [-0.2, 0) is 6.54 Å². The molecule has 2 aliphatic rings. The molecule has 2 aromatic carbocycles. The van der Waals surface area contributed by atoms with Gasteiger partial charge in [-0.1, -0.05) is 0 Å². The Morgan fingerprint density at radius 1 is 1.14 bits per heavy atom. The number of amides is 2. The highest BCUT2D eigenvalue weighted by atomic mass is 16.5. The number of anilines is 1. The molecule has 1 atom stereocenters. The molecule has 0 radical (unpaired) electrons. The van der Waals surface area contributed by atoms with Gasteiger partial charge in [0.05, 0.1) is 25.5 Å². The number of nitrogens with zero attached hydrogens (tertiary/aromatic N) is 2. The van der Waals surface area contributed by atoms with Gasteiger partial charge in [-0.05, 0) is 48.7 Å². The Kier molecular flexibility index (Phi) is 5.05. The lowest BCUT2D eigenvalue weighted by Gasteiger charge is -2.40. The van der Waals surface area contributed by atoms with Crippen molar-refractivity contribution in [3.05, 3.63) is 53.1 Å². The molecular formula is C22H25N3O4. The third kappa shape index (κ3) is 3.48. The second kappa shape index (κ2) is 7.66. The summed E-state index contributed by atoms with van der Waals surface area (Å²) in [5.74, 6) is 1.20. The summed E-state index contributed by atoms with van der Waals surface area (Å²) in [5.41, 5.74) is 2.87. The van der Waals surface area contributed by atoms with E-state index in [1.54, 1.807) is 32.4 Å². The fraction of sp³-hybridized carbons (Fsp3) is 0.364. The molecule has 0 unspecified atom stereocenters. The van der Waals surface area contributed by atoms with E-state index in [4.69, 9.17) is 9.47 Å². The average Bonchev–Trinajstić information content (AvgIpc) is 3.25. The van der Waals surface area contributed by atoms with Gasteiger partial charge in [-0.15, -0.1) is 0 Å². The fourth-order valence-corrected chi connectivity index (χ4v) is 4.10. The van der Waals surface area contributed by atoms with E-state index in [1.165, 1.54) is 0 Å². The lowest BCUT2D eigenvalue weighted by atomic mass is 10.0. The molecule has 152 valence electrons. The summed E-state index contributed by atoms with van der Waals surface area (Å²) in [6.07, 6.45) is 2.04. The minimum atomic E-state index is -0.190. The van der Waals surface area contributed by atoms with Gasteiger partial charge in [0.15, 0.2) is 0 Å². The summed E-state index contributed by atoms with van der Waals surface area (Å²) in [6, 6.07) is 10.8. The molecule has 2 aromatic rings. The molecule has 2 aliphatic heterocycles. The van der Waals surface area contributed by atoms with Gasteiger partial charge in [0.25, 0.3) is 11.8 Å². The maximum absolute atomic E-state index is 12.7. The molecule has 4 rings (SSSR count). The van der Waals surface area contributed by atoms with Crippen molar-refractivity contribution in [1.82, 2.24) is 10.2 Å². The second-order valence-electron chi connectivity index (χ2n) is 7.37. The van der Waals surface area contributed by atoms with Crippen molar-refractivity contribution in [2.75, 3.05) is 32.7 Å². The SMILES string of the molecule is COc1cc(CNC(=O)c2ccc3c(c2)N(C)[C@@H]2CCCN2C3=O)cc(OC)c1. The van der Waals surface area contributed by atoms with E-state index in [0.717, 1.165) is 30.6 Å². The summed E-state index contributed by atoms with van der Waals surface area (Å²) in [7, 11) is 5.17. The van der Waals surface area contributed by atoms with Gasteiger partial charge in [0, 0.05) is 31.8 Å². The smallest absolute Gasteiger partial charge is 0.257 e. The minimum Gasteiger partial charge on any atom is -0.497 e. The Labute approximate surface area is 170 Å². The van der Waals surface area contributed by atoms with Gasteiger partial charge in [0.1, 0.15) is 17.7 Å². The number of ether oxygens (including phenoxy) is 2. The quantitative estimate of drug-likeness (QED) is 0.843. The zero-order valence-electron chi connectivity index (χ0n) is 16.9. The molecule has 29 heavy (non-hydrogen) atoms. The number of methoxy groups -OCH3 is 2. The maximum Gasteiger partial charge on any atom is 0.257 e. The molecule has 7 heteroatoms. The van der Waals surface area contributed by atoms with E-state index >= 15 is 0 Å². The predicted octanol–water partition coefficient (Wildman–Crippen LogP) is 2.65. The molecule has 1 N–H and O–H groups in total. The molecule has 0 saturated carbocycles. The van der Waals surface area contributed by atoms with Crippen LogP contribution in [0.3, 0.4) is 0 Å². The largest absolute Gasteiger partial charge is 0.497 e. The highest BCUT2D eigenvalue weighted by Gasteiger charge is 2.38. The molecule has 7 nitrogen and oxygen atoms in total. The first-order chi connectivity index (χ1) is 14.0. The Morgan fingerprint density at radius 3 is 2.55 bits per heavy atom. The van der Waals surface area contributed by atoms with E-state index in [1.807, 2.05) is 30.1 Å². The van der Waals surface area contributed by atoms with Crippen LogP contribution in [0.15, 0.2) is 36.4 Å². The summed E-state index contributed by atoms with van der Waals surface area (Å²) < 4.78 is 10.5. The third-order valence-electron chi connectivity index (χ3n) is 5.66. The highest BCUT2D eigenvalue weighted by Crippen LogP contribution is 2.35. The van der Waals surface area contributed by atoms with Crippen molar-refractivity contribution < 1.29 is 19.1 Å². The van der Waals surface area contributed by atoms with E-state index in [9.17, 15) is 9.59 Å². The van der Waals surface area contributed by atoms with Crippen molar-refractivity contribution in [2.45, 2.75) is 25.6 Å². The number of benzene rings is 2. The van der Waals surface area contributed by atoms with E-state index < -0.39 is 0 Å². The number of carbonyl (C=O) groups is 2. The summed E-state index contributed by atoms with van der Waals surface area (Å²) >= 11 is 0. The Bertz CT molecular complexity index is 937. The standard InChI is InChI=1S/C22H25N3O4/c1-24-19-11-15(6-7-18(19)22(27)25-8-4-5-20(24)25)21(26)23-13-14-9-16(28-2)12-17(10-14)29-3/h6-7,9-12,20H,4-5,8,13H2,1-3H3,(H,23,26)/t20-/m0/s1. The van der Waals surface area contributed by atoms with Gasteiger partial charge >= 0.3 is 0 Å². The average molecular weight is 395 g/mol. The number of fused-ring (bicyclic) bond motifs is 2. The van der Waals surface area contributed by atoms with Crippen molar-refractivity contribution in [2.24, 2.45) is 0 Å². The van der Waals surface area contributed by atoms with Crippen LogP contribution >= 0.6 is 0 Å². The monoisotopic (exact) mass is 395 g/mol. The maximum atomic E-state index is 12.7. The van der Waals surface area contributed by atoms with E-state index in [2.05, 4.69) is 10.2 Å². The Morgan fingerprint density at radius 2 is 1.86 bits per heavy atom. The van der Waals surface area contributed by atoms with Gasteiger partial charge in [-0.3, -0.25) is 9.59 Å². The van der Waals surface area contributed by atoms with Crippen LogP contribution in [0, 0.1) is 0 Å². The molecule has 1 saturated heterocycles. The number of hydrogen-bond acceptors (Lipinski definition) is 5. The minimum absolute atomic E-state index is 0.0519. The number of rotatable bonds is 5. The third-order valence-corrected chi connectivity index (χ3v) is 5.66. The zero-order chi connectivity index (χ0) is 20.5. The predicted molar refractivity (Wildman–Crippen MR) is 110 cm³/mol. The second-order valence-corrected chi connectivity index (χ2v) is 7.37. The molecule has 2 amide bonds. The molecule has 0 spiro atoms. The molecular weight excluding hydrogens is 370 g/mol. The van der Waals surface area contributed by atoms with Gasteiger partial charge < -0.3 is 24.6 Å². The molecule has 1 fully saturated rings. The lowest BCUT2D eigenvalue weighted by Crippen LogP contribution is -2.50. The number of hydrogen-bond donors (Lipinski definition) is 1. The van der Waals surface area contributed by atoms with Crippen molar-refractivity contribution in [3.63, 3.8) is 0 Å². The molecule has 2 heterocycles. The van der Waals surface area contributed by atoms with E-state index in [0.29, 0.717) is 29.2 Å². The molecule has 0 aromatic heterocycles. The molecule has 0 aliphatic carbocycles. The summed E-state index contributed by atoms with van der Waals surface area (Å²) in [5, 5.41) is 2.93. The Hall–Kier alpha value is -3.22. The Balaban J connectivity index is 1.52. The van der Waals surface area contributed by atoms with Crippen LogP contribution < -0.4 is 19.7 Å². The first kappa shape index (κ1) is 19.1. The lowest BCUT2D eigenvalue weighted by molar-refractivity contribution is 0.0719. The van der Waals surface area contributed by atoms with Gasteiger partial charge in [-0.25, -0.2) is 0 Å². The van der Waals surface area contributed by atoms with Gasteiger partial charge in [0.2, 0.25) is 0 Å².